The number of thiazole rings is 1. The van der Waals surface area contributed by atoms with Gasteiger partial charge in [-0.15, -0.1) is 11.3 Å². The first-order valence-electron chi connectivity index (χ1n) is 7.86. The average molecular weight is 361 g/mol. The van der Waals surface area contributed by atoms with Crippen LogP contribution >= 0.6 is 11.3 Å². The maximum absolute atomic E-state index is 13.0. The molecule has 0 N–H and O–H groups in total. The lowest BCUT2D eigenvalue weighted by molar-refractivity contribution is 0.525. The summed E-state index contributed by atoms with van der Waals surface area (Å²) in [6, 6.07) is 13.0. The lowest BCUT2D eigenvalue weighted by Gasteiger charge is -2.07. The van der Waals surface area contributed by atoms with Crippen molar-refractivity contribution in [2.45, 2.75) is 20.8 Å². The molecule has 128 valence electrons. The Labute approximate surface area is 154 Å². The van der Waals surface area contributed by atoms with Gasteiger partial charge in [-0.2, -0.15) is 10.5 Å². The van der Waals surface area contributed by atoms with Gasteiger partial charge in [0.1, 0.15) is 28.3 Å². The van der Waals surface area contributed by atoms with Crippen LogP contribution < -0.4 is 14.8 Å². The lowest BCUT2D eigenvalue weighted by atomic mass is 10.1. The van der Waals surface area contributed by atoms with E-state index in [1.54, 1.807) is 12.1 Å². The highest BCUT2D eigenvalue weighted by molar-refractivity contribution is 7.07. The Balaban J connectivity index is 2.43. The van der Waals surface area contributed by atoms with E-state index in [2.05, 4.69) is 0 Å². The summed E-state index contributed by atoms with van der Waals surface area (Å²) in [5.41, 5.74) is 2.24. The van der Waals surface area contributed by atoms with E-state index in [0.717, 1.165) is 28.2 Å². The molecule has 0 bridgehead atoms. The molecule has 0 aliphatic carbocycles. The predicted octanol–water partition coefficient (Wildman–Crippen LogP) is 2.44. The van der Waals surface area contributed by atoms with Crippen LogP contribution in [0.4, 0.5) is 0 Å². The molecule has 0 saturated carbocycles. The van der Waals surface area contributed by atoms with E-state index in [1.165, 1.54) is 4.57 Å². The number of rotatable bonds is 2. The minimum absolute atomic E-state index is 0.0950. The van der Waals surface area contributed by atoms with Crippen LogP contribution in [0.1, 0.15) is 22.6 Å². The van der Waals surface area contributed by atoms with Gasteiger partial charge in [0.15, 0.2) is 5.57 Å². The second-order valence-corrected chi connectivity index (χ2v) is 6.92. The summed E-state index contributed by atoms with van der Waals surface area (Å²) < 4.78 is 7.67. The number of furan rings is 1. The van der Waals surface area contributed by atoms with Crippen molar-refractivity contribution in [1.29, 1.82) is 10.5 Å². The minimum atomic E-state index is -0.283. The first-order valence-corrected chi connectivity index (χ1v) is 8.68. The van der Waals surface area contributed by atoms with E-state index in [4.69, 9.17) is 4.42 Å². The van der Waals surface area contributed by atoms with Gasteiger partial charge in [0.25, 0.3) is 5.56 Å². The summed E-state index contributed by atoms with van der Waals surface area (Å²) in [6.45, 7) is 5.69. The van der Waals surface area contributed by atoms with Crippen molar-refractivity contribution in [3.63, 3.8) is 0 Å². The van der Waals surface area contributed by atoms with Gasteiger partial charge in [0, 0.05) is 6.08 Å². The fourth-order valence-electron chi connectivity index (χ4n) is 2.71. The fraction of sp³-hybridized carbons (Fsp3) is 0.150. The van der Waals surface area contributed by atoms with Crippen LogP contribution in [0, 0.1) is 43.4 Å². The molecule has 0 unspecified atom stereocenters. The summed E-state index contributed by atoms with van der Waals surface area (Å²) in [5.74, 6) is 1.29. The molecule has 0 aliphatic heterocycles. The molecular formula is C20H15N3O2S. The molecule has 0 atom stereocenters. The third-order valence-corrected chi connectivity index (χ3v) is 4.98. The Kier molecular flexibility index (Phi) is 4.62. The number of benzene rings is 1. The Bertz CT molecular complexity index is 1240. The number of nitriles is 2. The van der Waals surface area contributed by atoms with Crippen molar-refractivity contribution in [3.8, 4) is 17.8 Å². The Morgan fingerprint density at radius 1 is 1.15 bits per heavy atom. The molecule has 6 heteroatoms. The molecule has 0 spiro atoms. The molecule has 0 saturated heterocycles. The topological polar surface area (TPSA) is 82.7 Å². The van der Waals surface area contributed by atoms with Gasteiger partial charge in [-0.3, -0.25) is 9.36 Å². The van der Waals surface area contributed by atoms with Crippen LogP contribution in [0.25, 0.3) is 17.3 Å². The van der Waals surface area contributed by atoms with Crippen LogP contribution in [0.15, 0.2) is 39.5 Å². The first-order chi connectivity index (χ1) is 12.4. The highest BCUT2D eigenvalue weighted by Crippen LogP contribution is 2.13. The number of nitrogens with zero attached hydrogens (tertiary/aromatic N) is 3. The first kappa shape index (κ1) is 17.5. The Morgan fingerprint density at radius 2 is 1.88 bits per heavy atom. The van der Waals surface area contributed by atoms with Crippen LogP contribution in [-0.2, 0) is 0 Å². The van der Waals surface area contributed by atoms with E-state index in [9.17, 15) is 15.3 Å². The van der Waals surface area contributed by atoms with Crippen LogP contribution in [0.5, 0.6) is 0 Å². The zero-order valence-corrected chi connectivity index (χ0v) is 15.3. The number of aromatic nitrogens is 1. The maximum Gasteiger partial charge on any atom is 0.273 e. The van der Waals surface area contributed by atoms with E-state index < -0.39 is 0 Å². The van der Waals surface area contributed by atoms with Crippen molar-refractivity contribution < 1.29 is 4.42 Å². The van der Waals surface area contributed by atoms with Crippen LogP contribution in [-0.4, -0.2) is 4.57 Å². The summed E-state index contributed by atoms with van der Waals surface area (Å²) >= 11 is 1.11. The average Bonchev–Trinajstić information content (AvgIpc) is 3.14. The standard InChI is InChI=1S/C20H15N3O2S/c1-12-4-7-17(13(2)8-12)23-19(24)18(9-16-6-5-14(3)25-16)26-20(23)15(10-21)11-22/h4-9H,1-3H3/b18-9-. The second-order valence-electron chi connectivity index (χ2n) is 5.89. The molecule has 2 heterocycles. The fourth-order valence-corrected chi connectivity index (χ4v) is 3.73. The van der Waals surface area contributed by atoms with E-state index >= 15 is 0 Å². The maximum atomic E-state index is 13.0. The van der Waals surface area contributed by atoms with Gasteiger partial charge in [0.05, 0.1) is 10.2 Å². The largest absolute Gasteiger partial charge is 0.462 e. The summed E-state index contributed by atoms with van der Waals surface area (Å²) in [4.78, 5) is 13.0. The van der Waals surface area contributed by atoms with E-state index in [-0.39, 0.29) is 11.1 Å². The Morgan fingerprint density at radius 3 is 2.46 bits per heavy atom. The number of hydrogen-bond donors (Lipinski definition) is 0. The molecule has 3 rings (SSSR count). The molecule has 0 radical (unpaired) electrons. The van der Waals surface area contributed by atoms with Gasteiger partial charge in [-0.25, -0.2) is 0 Å². The van der Waals surface area contributed by atoms with E-state index in [0.29, 0.717) is 20.6 Å². The molecule has 0 amide bonds. The third-order valence-electron chi connectivity index (χ3n) is 3.89. The van der Waals surface area contributed by atoms with Crippen molar-refractivity contribution in [3.05, 3.63) is 72.5 Å². The Hall–Kier alpha value is -3.35. The molecule has 2 aromatic heterocycles. The quantitative estimate of drug-likeness (QED) is 0.702. The van der Waals surface area contributed by atoms with Crippen LogP contribution in [0.2, 0.25) is 0 Å². The lowest BCUT2D eigenvalue weighted by Crippen LogP contribution is -2.31. The normalized spacial score (nSPS) is 11.2. The SMILES string of the molecule is Cc1ccc(-n2c(=C(C#N)C#N)s/c(=C\c3ccc(C)o3)c2=O)c(C)c1. The van der Waals surface area contributed by atoms with Crippen molar-refractivity contribution in [2.24, 2.45) is 0 Å². The third kappa shape index (κ3) is 3.11. The molecular weight excluding hydrogens is 346 g/mol. The highest BCUT2D eigenvalue weighted by Gasteiger charge is 2.13. The molecule has 1 aromatic carbocycles. The zero-order valence-electron chi connectivity index (χ0n) is 14.5. The highest BCUT2D eigenvalue weighted by atomic mass is 32.1. The van der Waals surface area contributed by atoms with E-state index in [1.807, 2.05) is 57.2 Å². The van der Waals surface area contributed by atoms with Crippen molar-refractivity contribution >= 4 is 23.0 Å². The number of hydrogen-bond acceptors (Lipinski definition) is 5. The minimum Gasteiger partial charge on any atom is -0.462 e. The molecule has 0 aliphatic rings. The van der Waals surface area contributed by atoms with Gasteiger partial charge in [-0.05, 0) is 44.5 Å². The van der Waals surface area contributed by atoms with Crippen molar-refractivity contribution in [2.75, 3.05) is 0 Å². The van der Waals surface area contributed by atoms with Gasteiger partial charge >= 0.3 is 0 Å². The summed E-state index contributed by atoms with van der Waals surface area (Å²) in [7, 11) is 0. The monoisotopic (exact) mass is 361 g/mol. The molecule has 5 nitrogen and oxygen atoms in total. The molecule has 0 fully saturated rings. The van der Waals surface area contributed by atoms with Gasteiger partial charge in [-0.1, -0.05) is 17.7 Å². The summed E-state index contributed by atoms with van der Waals surface area (Å²) in [6.07, 6.45) is 1.63. The van der Waals surface area contributed by atoms with Crippen LogP contribution in [0.3, 0.4) is 0 Å². The van der Waals surface area contributed by atoms with Gasteiger partial charge in [0.2, 0.25) is 0 Å². The zero-order chi connectivity index (χ0) is 18.8. The molecule has 26 heavy (non-hydrogen) atoms. The number of aryl methyl sites for hydroxylation is 3. The molecule has 3 aromatic rings. The predicted molar refractivity (Wildman–Crippen MR) is 100 cm³/mol. The smallest absolute Gasteiger partial charge is 0.273 e. The van der Waals surface area contributed by atoms with Crippen molar-refractivity contribution in [1.82, 2.24) is 4.57 Å². The van der Waals surface area contributed by atoms with Gasteiger partial charge < -0.3 is 4.42 Å². The second kappa shape index (κ2) is 6.87. The summed E-state index contributed by atoms with van der Waals surface area (Å²) in [5, 5.41) is 18.6.